The molecule has 22 heavy (non-hydrogen) atoms. The molecule has 1 heterocycles. The quantitative estimate of drug-likeness (QED) is 0.827. The Labute approximate surface area is 136 Å². The average Bonchev–Trinajstić information content (AvgIpc) is 2.77. The number of carbonyl (C=O) groups excluding carboxylic acids is 1. The fourth-order valence-electron chi connectivity index (χ4n) is 2.42. The molecule has 0 aromatic heterocycles. The summed E-state index contributed by atoms with van der Waals surface area (Å²) in [6.07, 6.45) is 0.450. The third-order valence-corrected chi connectivity index (χ3v) is 3.99. The molecule has 0 spiro atoms. The number of halogens is 1. The van der Waals surface area contributed by atoms with Crippen LogP contribution in [0.3, 0.4) is 0 Å². The summed E-state index contributed by atoms with van der Waals surface area (Å²) in [5, 5.41) is 12.8. The Kier molecular flexibility index (Phi) is 7.12. The maximum atomic E-state index is 11.9. The summed E-state index contributed by atoms with van der Waals surface area (Å²) in [7, 11) is 0. The number of amides is 1. The van der Waals surface area contributed by atoms with Crippen LogP contribution in [0, 0.1) is 5.92 Å². The zero-order valence-corrected chi connectivity index (χ0v) is 13.4. The molecule has 1 atom stereocenters. The first-order valence-corrected chi connectivity index (χ1v) is 7.97. The summed E-state index contributed by atoms with van der Waals surface area (Å²) in [4.78, 5) is 14.1. The number of rotatable bonds is 6. The molecular formula is C16H23ClN2O3. The Morgan fingerprint density at radius 2 is 2.18 bits per heavy atom. The van der Waals surface area contributed by atoms with Crippen molar-refractivity contribution >= 4 is 17.5 Å². The summed E-state index contributed by atoms with van der Waals surface area (Å²) in [6.45, 7) is 4.16. The second kappa shape index (κ2) is 9.10. The zero-order chi connectivity index (χ0) is 15.8. The number of carbonyl (C=O) groups is 1. The van der Waals surface area contributed by atoms with Crippen LogP contribution < -0.4 is 5.32 Å². The van der Waals surface area contributed by atoms with Gasteiger partial charge >= 0.3 is 0 Å². The Hall–Kier alpha value is -1.14. The smallest absolute Gasteiger partial charge is 0.221 e. The molecule has 1 aliphatic heterocycles. The number of aliphatic hydroxyl groups excluding tert-OH is 1. The second-order valence-electron chi connectivity index (χ2n) is 5.58. The van der Waals surface area contributed by atoms with E-state index in [1.165, 1.54) is 0 Å². The highest BCUT2D eigenvalue weighted by molar-refractivity contribution is 6.30. The minimum absolute atomic E-state index is 0.0284. The van der Waals surface area contributed by atoms with Crippen LogP contribution in [-0.4, -0.2) is 55.4 Å². The lowest BCUT2D eigenvalue weighted by Gasteiger charge is -2.21. The Bertz CT molecular complexity index is 467. The first kappa shape index (κ1) is 17.2. The van der Waals surface area contributed by atoms with E-state index in [1.807, 2.05) is 24.3 Å². The molecular weight excluding hydrogens is 304 g/mol. The number of ether oxygens (including phenoxy) is 1. The van der Waals surface area contributed by atoms with E-state index in [2.05, 4.69) is 10.2 Å². The minimum atomic E-state index is 0.0284. The van der Waals surface area contributed by atoms with Gasteiger partial charge in [0.15, 0.2) is 0 Å². The van der Waals surface area contributed by atoms with E-state index in [9.17, 15) is 9.90 Å². The van der Waals surface area contributed by atoms with Crippen molar-refractivity contribution in [2.24, 2.45) is 5.92 Å². The topological polar surface area (TPSA) is 61.8 Å². The van der Waals surface area contributed by atoms with Crippen molar-refractivity contribution in [1.82, 2.24) is 10.2 Å². The predicted octanol–water partition coefficient (Wildman–Crippen LogP) is 1.29. The summed E-state index contributed by atoms with van der Waals surface area (Å²) in [6, 6.07) is 7.44. The van der Waals surface area contributed by atoms with Gasteiger partial charge in [-0.05, 0) is 17.7 Å². The molecule has 1 amide bonds. The van der Waals surface area contributed by atoms with E-state index >= 15 is 0 Å². The summed E-state index contributed by atoms with van der Waals surface area (Å²) in [5.41, 5.74) is 1.03. The van der Waals surface area contributed by atoms with Gasteiger partial charge in [-0.2, -0.15) is 0 Å². The van der Waals surface area contributed by atoms with Crippen LogP contribution in [0.2, 0.25) is 5.02 Å². The summed E-state index contributed by atoms with van der Waals surface area (Å²) >= 11 is 5.83. The lowest BCUT2D eigenvalue weighted by atomic mass is 10.1. The van der Waals surface area contributed by atoms with Gasteiger partial charge < -0.3 is 20.1 Å². The van der Waals surface area contributed by atoms with E-state index in [-0.39, 0.29) is 18.4 Å². The molecule has 1 saturated heterocycles. The molecule has 0 radical (unpaired) electrons. The summed E-state index contributed by atoms with van der Waals surface area (Å²) < 4.78 is 5.44. The molecule has 1 aromatic rings. The van der Waals surface area contributed by atoms with E-state index < -0.39 is 0 Å². The predicted molar refractivity (Wildman–Crippen MR) is 85.8 cm³/mol. The number of nitrogens with zero attached hydrogens (tertiary/aromatic N) is 1. The monoisotopic (exact) mass is 326 g/mol. The van der Waals surface area contributed by atoms with E-state index in [0.717, 1.165) is 18.7 Å². The molecule has 1 aromatic carbocycles. The maximum absolute atomic E-state index is 11.9. The molecule has 0 saturated carbocycles. The van der Waals surface area contributed by atoms with Crippen LogP contribution >= 0.6 is 11.6 Å². The van der Waals surface area contributed by atoms with Gasteiger partial charge in [0.1, 0.15) is 0 Å². The van der Waals surface area contributed by atoms with Gasteiger partial charge in [-0.25, -0.2) is 0 Å². The number of benzene rings is 1. The lowest BCUT2D eigenvalue weighted by Crippen LogP contribution is -2.35. The van der Waals surface area contributed by atoms with Crippen molar-refractivity contribution in [2.75, 3.05) is 39.5 Å². The Balaban J connectivity index is 1.69. The SMILES string of the molecule is O=C(CCN1CCOCC(CO)C1)NCc1ccc(Cl)cc1. The second-order valence-corrected chi connectivity index (χ2v) is 6.01. The van der Waals surface area contributed by atoms with Gasteiger partial charge in [-0.3, -0.25) is 4.79 Å². The van der Waals surface area contributed by atoms with Gasteiger partial charge in [-0.1, -0.05) is 23.7 Å². The van der Waals surface area contributed by atoms with E-state index in [4.69, 9.17) is 16.3 Å². The molecule has 0 bridgehead atoms. The van der Waals surface area contributed by atoms with Crippen LogP contribution in [0.4, 0.5) is 0 Å². The number of aliphatic hydroxyl groups is 1. The normalized spacial score (nSPS) is 19.6. The molecule has 0 aliphatic carbocycles. The molecule has 1 fully saturated rings. The highest BCUT2D eigenvalue weighted by Gasteiger charge is 2.18. The van der Waals surface area contributed by atoms with Crippen LogP contribution in [0.15, 0.2) is 24.3 Å². The first-order valence-electron chi connectivity index (χ1n) is 7.59. The van der Waals surface area contributed by atoms with Gasteiger partial charge in [0.05, 0.1) is 13.2 Å². The van der Waals surface area contributed by atoms with Crippen LogP contribution in [0.1, 0.15) is 12.0 Å². The Morgan fingerprint density at radius 1 is 1.41 bits per heavy atom. The third kappa shape index (κ3) is 5.93. The Morgan fingerprint density at radius 3 is 2.91 bits per heavy atom. The standard InChI is InChI=1S/C16H23ClN2O3/c17-15-3-1-13(2-4-15)9-18-16(21)5-6-19-7-8-22-12-14(10-19)11-20/h1-4,14,20H,5-12H2,(H,18,21). The van der Waals surface area contributed by atoms with Crippen LogP contribution in [-0.2, 0) is 16.1 Å². The highest BCUT2D eigenvalue weighted by Crippen LogP contribution is 2.09. The highest BCUT2D eigenvalue weighted by atomic mass is 35.5. The molecule has 122 valence electrons. The first-order chi connectivity index (χ1) is 10.7. The molecule has 5 nitrogen and oxygen atoms in total. The fraction of sp³-hybridized carbons (Fsp3) is 0.562. The minimum Gasteiger partial charge on any atom is -0.396 e. The maximum Gasteiger partial charge on any atom is 0.221 e. The average molecular weight is 327 g/mol. The molecule has 2 rings (SSSR count). The number of hydrogen-bond acceptors (Lipinski definition) is 4. The fourth-order valence-corrected chi connectivity index (χ4v) is 2.54. The van der Waals surface area contributed by atoms with Crippen LogP contribution in [0.5, 0.6) is 0 Å². The van der Waals surface area contributed by atoms with Gasteiger partial charge in [0, 0.05) is 50.1 Å². The van der Waals surface area contributed by atoms with Gasteiger partial charge in [-0.15, -0.1) is 0 Å². The van der Waals surface area contributed by atoms with E-state index in [1.54, 1.807) is 0 Å². The van der Waals surface area contributed by atoms with Gasteiger partial charge in [0.25, 0.3) is 0 Å². The number of hydrogen-bond donors (Lipinski definition) is 2. The van der Waals surface area contributed by atoms with Crippen LogP contribution in [0.25, 0.3) is 0 Å². The molecule has 1 aliphatic rings. The van der Waals surface area contributed by atoms with Crippen molar-refractivity contribution in [3.63, 3.8) is 0 Å². The molecule has 2 N–H and O–H groups in total. The van der Waals surface area contributed by atoms with Gasteiger partial charge in [0.2, 0.25) is 5.91 Å². The third-order valence-electron chi connectivity index (χ3n) is 3.74. The zero-order valence-electron chi connectivity index (χ0n) is 12.6. The van der Waals surface area contributed by atoms with Crippen molar-refractivity contribution in [2.45, 2.75) is 13.0 Å². The lowest BCUT2D eigenvalue weighted by molar-refractivity contribution is -0.121. The van der Waals surface area contributed by atoms with Crippen molar-refractivity contribution in [1.29, 1.82) is 0 Å². The van der Waals surface area contributed by atoms with Crippen molar-refractivity contribution in [3.8, 4) is 0 Å². The molecule has 1 unspecified atom stereocenters. The summed E-state index contributed by atoms with van der Waals surface area (Å²) in [5.74, 6) is 0.167. The van der Waals surface area contributed by atoms with Crippen molar-refractivity contribution in [3.05, 3.63) is 34.9 Å². The van der Waals surface area contributed by atoms with Crippen molar-refractivity contribution < 1.29 is 14.6 Å². The van der Waals surface area contributed by atoms with E-state index in [0.29, 0.717) is 37.7 Å². The number of nitrogens with one attached hydrogen (secondary N) is 1. The molecule has 6 heteroatoms. The largest absolute Gasteiger partial charge is 0.396 e.